The zero-order valence-corrected chi connectivity index (χ0v) is 14.7. The van der Waals surface area contributed by atoms with Gasteiger partial charge in [0.05, 0.1) is 18.5 Å². The monoisotopic (exact) mass is 331 g/mol. The van der Waals surface area contributed by atoms with Crippen LogP contribution in [0.5, 0.6) is 0 Å². The minimum atomic E-state index is 0.681. The first kappa shape index (κ1) is 17.6. The molecule has 0 atom stereocenters. The summed E-state index contributed by atoms with van der Waals surface area (Å²) in [6.45, 7) is 5.72. The Hall–Kier alpha value is -1.72. The van der Waals surface area contributed by atoms with Gasteiger partial charge in [0.1, 0.15) is 0 Å². The summed E-state index contributed by atoms with van der Waals surface area (Å²) in [6.07, 6.45) is 6.77. The molecule has 0 aliphatic heterocycles. The quantitative estimate of drug-likeness (QED) is 0.379. The highest BCUT2D eigenvalue weighted by Crippen LogP contribution is 2.14. The molecular weight excluding hydrogens is 306 g/mol. The second kappa shape index (κ2) is 10.1. The normalized spacial score (nSPS) is 11.2. The van der Waals surface area contributed by atoms with E-state index < -0.39 is 0 Å². The number of nitrogens with zero attached hydrogens (tertiary/aromatic N) is 2. The van der Waals surface area contributed by atoms with Crippen molar-refractivity contribution in [3.8, 4) is 0 Å². The molecule has 1 aromatic heterocycles. The van der Waals surface area contributed by atoms with Crippen molar-refractivity contribution in [3.05, 3.63) is 46.5 Å². The Kier molecular flexibility index (Phi) is 7.77. The van der Waals surface area contributed by atoms with Gasteiger partial charge in [-0.15, -0.1) is 11.3 Å². The molecule has 0 bridgehead atoms. The number of aryl methyl sites for hydroxylation is 1. The molecule has 0 fully saturated rings. The molecule has 0 saturated heterocycles. The number of nitrogens with one attached hydrogen (secondary N) is 1. The van der Waals surface area contributed by atoms with Gasteiger partial charge in [-0.1, -0.05) is 50.5 Å². The summed E-state index contributed by atoms with van der Waals surface area (Å²) in [5.41, 5.74) is 6.19. The van der Waals surface area contributed by atoms with Crippen molar-refractivity contribution >= 4 is 22.7 Å². The largest absolute Gasteiger partial charge is 0.377 e. The second-order valence-electron chi connectivity index (χ2n) is 5.52. The maximum absolute atomic E-state index is 5.69. The number of anilines is 1. The number of unbranched alkanes of at least 4 members (excludes halogenated alkanes) is 3. The first-order chi connectivity index (χ1) is 11.3. The Labute approximate surface area is 142 Å². The summed E-state index contributed by atoms with van der Waals surface area (Å²) >= 11 is 1.55. The highest BCUT2D eigenvalue weighted by Gasteiger charge is 1.96. The molecule has 0 radical (unpaired) electrons. The van der Waals surface area contributed by atoms with Gasteiger partial charge < -0.3 is 4.74 Å². The summed E-state index contributed by atoms with van der Waals surface area (Å²) in [7, 11) is 0. The summed E-state index contributed by atoms with van der Waals surface area (Å²) < 4.78 is 5.69. The fourth-order valence-corrected chi connectivity index (χ4v) is 2.73. The van der Waals surface area contributed by atoms with E-state index in [1.165, 1.54) is 24.8 Å². The van der Waals surface area contributed by atoms with Gasteiger partial charge in [0.2, 0.25) is 5.13 Å². The van der Waals surface area contributed by atoms with Gasteiger partial charge in [-0.2, -0.15) is 5.10 Å². The Morgan fingerprint density at radius 1 is 1.22 bits per heavy atom. The van der Waals surface area contributed by atoms with Crippen LogP contribution in [-0.4, -0.2) is 17.8 Å². The molecule has 1 aromatic carbocycles. The smallest absolute Gasteiger partial charge is 0.203 e. The molecule has 0 aliphatic carbocycles. The number of benzene rings is 1. The lowest BCUT2D eigenvalue weighted by atomic mass is 10.1. The molecule has 2 rings (SSSR count). The van der Waals surface area contributed by atoms with Crippen LogP contribution < -0.4 is 5.43 Å². The Morgan fingerprint density at radius 2 is 2.04 bits per heavy atom. The molecule has 0 saturated carbocycles. The third-order valence-corrected chi connectivity index (χ3v) is 4.25. The van der Waals surface area contributed by atoms with Crippen LogP contribution in [0.25, 0.3) is 0 Å². The maximum atomic E-state index is 5.69. The van der Waals surface area contributed by atoms with Crippen molar-refractivity contribution in [2.75, 3.05) is 12.0 Å². The first-order valence-electron chi connectivity index (χ1n) is 8.16. The number of hydrogen-bond donors (Lipinski definition) is 1. The molecule has 0 amide bonds. The maximum Gasteiger partial charge on any atom is 0.203 e. The lowest BCUT2D eigenvalue weighted by molar-refractivity contribution is 0.117. The minimum absolute atomic E-state index is 0.681. The molecule has 124 valence electrons. The highest BCUT2D eigenvalue weighted by molar-refractivity contribution is 7.13. The fourth-order valence-electron chi connectivity index (χ4n) is 2.09. The van der Waals surface area contributed by atoms with Gasteiger partial charge in [-0.25, -0.2) is 4.98 Å². The molecule has 0 unspecified atom stereocenters. The molecule has 1 heterocycles. The minimum Gasteiger partial charge on any atom is -0.377 e. The van der Waals surface area contributed by atoms with Gasteiger partial charge in [0.15, 0.2) is 0 Å². The van der Waals surface area contributed by atoms with Gasteiger partial charge >= 0.3 is 0 Å². The van der Waals surface area contributed by atoms with Crippen LogP contribution in [-0.2, 0) is 11.3 Å². The average Bonchev–Trinajstić information content (AvgIpc) is 2.97. The van der Waals surface area contributed by atoms with Crippen LogP contribution >= 0.6 is 11.3 Å². The lowest BCUT2D eigenvalue weighted by Gasteiger charge is -2.04. The molecule has 1 N–H and O–H groups in total. The van der Waals surface area contributed by atoms with Crippen molar-refractivity contribution in [2.24, 2.45) is 5.10 Å². The lowest BCUT2D eigenvalue weighted by Crippen LogP contribution is -1.96. The van der Waals surface area contributed by atoms with Crippen molar-refractivity contribution in [1.29, 1.82) is 0 Å². The summed E-state index contributed by atoms with van der Waals surface area (Å²) in [5.74, 6) is 0. The van der Waals surface area contributed by atoms with Gasteiger partial charge in [-0.05, 0) is 24.5 Å². The van der Waals surface area contributed by atoms with Crippen LogP contribution in [0.2, 0.25) is 0 Å². The van der Waals surface area contributed by atoms with Gasteiger partial charge in [-0.3, -0.25) is 5.43 Å². The second-order valence-corrected chi connectivity index (χ2v) is 6.38. The predicted octanol–water partition coefficient (Wildman–Crippen LogP) is 4.99. The zero-order chi connectivity index (χ0) is 16.3. The molecular formula is C18H25N3OS. The molecule has 4 nitrogen and oxygen atoms in total. The number of rotatable bonds is 10. The number of hydrazone groups is 1. The average molecular weight is 331 g/mol. The first-order valence-corrected chi connectivity index (χ1v) is 9.04. The third-order valence-electron chi connectivity index (χ3n) is 3.38. The Morgan fingerprint density at radius 3 is 2.74 bits per heavy atom. The number of aromatic nitrogens is 1. The molecule has 5 heteroatoms. The van der Waals surface area contributed by atoms with Crippen LogP contribution in [0, 0.1) is 6.92 Å². The fraction of sp³-hybridized carbons (Fsp3) is 0.444. The van der Waals surface area contributed by atoms with Crippen molar-refractivity contribution < 1.29 is 4.74 Å². The van der Waals surface area contributed by atoms with E-state index in [0.29, 0.717) is 6.61 Å². The Bertz CT molecular complexity index is 593. The van der Waals surface area contributed by atoms with E-state index in [4.69, 9.17) is 4.74 Å². The number of thiazole rings is 1. The van der Waals surface area contributed by atoms with E-state index >= 15 is 0 Å². The van der Waals surface area contributed by atoms with Crippen molar-refractivity contribution in [3.63, 3.8) is 0 Å². The standard InChI is InChI=1S/C18H25N3OS/c1-3-4-5-6-11-22-13-17-9-7-16(8-10-17)12-19-21-18-20-15(2)14-23-18/h7-10,12,14H,3-6,11,13H2,1-2H3,(H,20,21). The molecule has 23 heavy (non-hydrogen) atoms. The molecule has 0 spiro atoms. The topological polar surface area (TPSA) is 46.5 Å². The van der Waals surface area contributed by atoms with E-state index in [1.807, 2.05) is 24.4 Å². The van der Waals surface area contributed by atoms with Crippen molar-refractivity contribution in [1.82, 2.24) is 4.98 Å². The predicted molar refractivity (Wildman–Crippen MR) is 98.3 cm³/mol. The van der Waals surface area contributed by atoms with E-state index in [9.17, 15) is 0 Å². The highest BCUT2D eigenvalue weighted by atomic mass is 32.1. The summed E-state index contributed by atoms with van der Waals surface area (Å²) in [6, 6.07) is 8.27. The van der Waals surface area contributed by atoms with Crippen molar-refractivity contribution in [2.45, 2.75) is 46.1 Å². The molecule has 0 aliphatic rings. The van der Waals surface area contributed by atoms with Crippen LogP contribution in [0.15, 0.2) is 34.7 Å². The van der Waals surface area contributed by atoms with Gasteiger partial charge in [0, 0.05) is 12.0 Å². The van der Waals surface area contributed by atoms with E-state index in [-0.39, 0.29) is 0 Å². The third kappa shape index (κ3) is 6.93. The number of hydrogen-bond acceptors (Lipinski definition) is 5. The Balaban J connectivity index is 1.69. The van der Waals surface area contributed by atoms with E-state index in [2.05, 4.69) is 34.6 Å². The van der Waals surface area contributed by atoms with Crippen LogP contribution in [0.4, 0.5) is 5.13 Å². The van der Waals surface area contributed by atoms with Crippen LogP contribution in [0.3, 0.4) is 0 Å². The van der Waals surface area contributed by atoms with E-state index in [1.54, 1.807) is 17.6 Å². The zero-order valence-electron chi connectivity index (χ0n) is 13.9. The summed E-state index contributed by atoms with van der Waals surface area (Å²) in [5, 5.41) is 7.01. The SMILES string of the molecule is CCCCCCOCc1ccc(C=NNc2nc(C)cs2)cc1. The number of ether oxygens (including phenoxy) is 1. The van der Waals surface area contributed by atoms with Gasteiger partial charge in [0.25, 0.3) is 0 Å². The summed E-state index contributed by atoms with van der Waals surface area (Å²) in [4.78, 5) is 4.29. The molecule has 2 aromatic rings. The van der Waals surface area contributed by atoms with Crippen LogP contribution in [0.1, 0.15) is 49.4 Å². The van der Waals surface area contributed by atoms with E-state index in [0.717, 1.165) is 29.4 Å².